The highest BCUT2D eigenvalue weighted by Crippen LogP contribution is 2.34. The highest BCUT2D eigenvalue weighted by atomic mass is 16.5. The summed E-state index contributed by atoms with van der Waals surface area (Å²) in [5.41, 5.74) is 3.09. The van der Waals surface area contributed by atoms with Crippen LogP contribution in [0.5, 0.6) is 0 Å². The summed E-state index contributed by atoms with van der Waals surface area (Å²) in [7, 11) is 0. The van der Waals surface area contributed by atoms with Gasteiger partial charge in [0.2, 0.25) is 0 Å². The van der Waals surface area contributed by atoms with Gasteiger partial charge in [0, 0.05) is 25.2 Å². The van der Waals surface area contributed by atoms with Gasteiger partial charge in [-0.3, -0.25) is 0 Å². The van der Waals surface area contributed by atoms with Crippen LogP contribution in [-0.2, 0) is 10.2 Å². The Balaban J connectivity index is 1.39. The zero-order valence-corrected chi connectivity index (χ0v) is 17.5. The maximum atomic E-state index is 9.72. The van der Waals surface area contributed by atoms with E-state index < -0.39 is 5.41 Å². The molecule has 0 radical (unpaired) electrons. The summed E-state index contributed by atoms with van der Waals surface area (Å²) in [5, 5.41) is 12.4. The van der Waals surface area contributed by atoms with E-state index in [4.69, 9.17) is 4.74 Å². The molecule has 0 aromatic heterocycles. The summed E-state index contributed by atoms with van der Waals surface area (Å²) in [6.45, 7) is 3.60. The van der Waals surface area contributed by atoms with Gasteiger partial charge in [-0.15, -0.1) is 0 Å². The van der Waals surface area contributed by atoms with Crippen LogP contribution in [0.4, 0.5) is 0 Å². The molecule has 3 aromatic rings. The van der Waals surface area contributed by atoms with Crippen molar-refractivity contribution in [3.63, 3.8) is 0 Å². The summed E-state index contributed by atoms with van der Waals surface area (Å²) < 4.78 is 5.44. The molecular formula is C28H27NO. The Kier molecular flexibility index (Phi) is 6.18. The Morgan fingerprint density at radius 2 is 1.70 bits per heavy atom. The SMILES string of the molecule is C[C@@H](CCC#Cc1ccc(C2(C#N)CCOCC2)cc1)c1cccc2ccccc12. The molecule has 1 fully saturated rings. The van der Waals surface area contributed by atoms with E-state index in [0.29, 0.717) is 19.1 Å². The second-order valence-corrected chi connectivity index (χ2v) is 8.19. The molecule has 1 heterocycles. The second-order valence-electron chi connectivity index (χ2n) is 8.19. The quantitative estimate of drug-likeness (QED) is 0.484. The van der Waals surface area contributed by atoms with Crippen LogP contribution in [0.2, 0.25) is 0 Å². The lowest BCUT2D eigenvalue weighted by Crippen LogP contribution is -2.32. The molecule has 2 nitrogen and oxygen atoms in total. The minimum absolute atomic E-state index is 0.405. The van der Waals surface area contributed by atoms with Crippen LogP contribution >= 0.6 is 0 Å². The van der Waals surface area contributed by atoms with E-state index in [9.17, 15) is 5.26 Å². The molecule has 0 N–H and O–H groups in total. The van der Waals surface area contributed by atoms with E-state index in [1.165, 1.54) is 16.3 Å². The van der Waals surface area contributed by atoms with Crippen molar-refractivity contribution in [1.82, 2.24) is 0 Å². The average molecular weight is 394 g/mol. The molecule has 1 aliphatic rings. The molecule has 0 spiro atoms. The van der Waals surface area contributed by atoms with Crippen LogP contribution in [0.3, 0.4) is 0 Å². The maximum Gasteiger partial charge on any atom is 0.0866 e. The van der Waals surface area contributed by atoms with Crippen LogP contribution < -0.4 is 0 Å². The van der Waals surface area contributed by atoms with Gasteiger partial charge in [-0.2, -0.15) is 5.26 Å². The van der Waals surface area contributed by atoms with Crippen LogP contribution in [0, 0.1) is 23.2 Å². The molecule has 1 atom stereocenters. The maximum absolute atomic E-state index is 9.72. The van der Waals surface area contributed by atoms with Gasteiger partial charge in [-0.25, -0.2) is 0 Å². The standard InChI is InChI=1S/C28H27NO/c1-22(26-12-6-10-24-9-4-5-11-27(24)26)7-2-3-8-23-13-15-25(16-14-23)28(21-29)17-19-30-20-18-28/h4-6,9-16,22H,2,7,17-20H2,1H3/t22-/m0/s1. The zero-order chi connectivity index (χ0) is 20.8. The topological polar surface area (TPSA) is 33.0 Å². The molecule has 0 unspecified atom stereocenters. The molecule has 0 bridgehead atoms. The van der Waals surface area contributed by atoms with Crippen molar-refractivity contribution in [2.45, 2.75) is 43.9 Å². The number of ether oxygens (including phenoxy) is 1. The van der Waals surface area contributed by atoms with Crippen LogP contribution in [0.15, 0.2) is 66.7 Å². The van der Waals surface area contributed by atoms with E-state index in [1.54, 1.807) is 0 Å². The van der Waals surface area contributed by atoms with Crippen molar-refractivity contribution in [2.75, 3.05) is 13.2 Å². The van der Waals surface area contributed by atoms with Gasteiger partial charge in [-0.05, 0) is 59.2 Å². The first-order valence-electron chi connectivity index (χ1n) is 10.8. The van der Waals surface area contributed by atoms with E-state index in [2.05, 4.69) is 79.4 Å². The van der Waals surface area contributed by atoms with Crippen molar-refractivity contribution >= 4 is 10.8 Å². The van der Waals surface area contributed by atoms with Gasteiger partial charge in [0.25, 0.3) is 0 Å². The Morgan fingerprint density at radius 3 is 2.47 bits per heavy atom. The normalized spacial score (nSPS) is 16.3. The van der Waals surface area contributed by atoms with Crippen molar-refractivity contribution in [3.8, 4) is 17.9 Å². The predicted molar refractivity (Wildman–Crippen MR) is 122 cm³/mol. The lowest BCUT2D eigenvalue weighted by Gasteiger charge is -2.31. The van der Waals surface area contributed by atoms with E-state index in [-0.39, 0.29) is 0 Å². The fourth-order valence-electron chi connectivity index (χ4n) is 4.35. The molecule has 1 saturated heterocycles. The summed E-state index contributed by atoms with van der Waals surface area (Å²) in [4.78, 5) is 0. The van der Waals surface area contributed by atoms with Gasteiger partial charge in [0.1, 0.15) is 0 Å². The van der Waals surface area contributed by atoms with Crippen molar-refractivity contribution < 1.29 is 4.74 Å². The smallest absolute Gasteiger partial charge is 0.0866 e. The monoisotopic (exact) mass is 393 g/mol. The van der Waals surface area contributed by atoms with Gasteiger partial charge in [0.05, 0.1) is 11.5 Å². The second kappa shape index (κ2) is 9.17. The predicted octanol–water partition coefficient (Wildman–Crippen LogP) is 6.35. The Labute approximate surface area is 179 Å². The van der Waals surface area contributed by atoms with Crippen LogP contribution in [0.1, 0.15) is 55.2 Å². The minimum atomic E-state index is -0.405. The number of rotatable bonds is 4. The molecule has 150 valence electrons. The minimum Gasteiger partial charge on any atom is -0.381 e. The fraction of sp³-hybridized carbons (Fsp3) is 0.321. The third-order valence-electron chi connectivity index (χ3n) is 6.29. The fourth-order valence-corrected chi connectivity index (χ4v) is 4.35. The van der Waals surface area contributed by atoms with Crippen molar-refractivity contribution in [1.29, 1.82) is 5.26 Å². The number of fused-ring (bicyclic) bond motifs is 1. The highest BCUT2D eigenvalue weighted by Gasteiger charge is 2.34. The molecule has 2 heteroatoms. The molecule has 30 heavy (non-hydrogen) atoms. The Bertz CT molecular complexity index is 1100. The average Bonchev–Trinajstić information content (AvgIpc) is 2.82. The molecule has 4 rings (SSSR count). The number of hydrogen-bond acceptors (Lipinski definition) is 2. The van der Waals surface area contributed by atoms with E-state index >= 15 is 0 Å². The first-order valence-corrected chi connectivity index (χ1v) is 10.8. The number of nitrogens with zero attached hydrogens (tertiary/aromatic N) is 1. The summed E-state index contributed by atoms with van der Waals surface area (Å²) in [5.74, 6) is 7.10. The largest absolute Gasteiger partial charge is 0.381 e. The Hall–Kier alpha value is -3.07. The summed E-state index contributed by atoms with van der Waals surface area (Å²) in [6, 6.07) is 25.9. The number of nitriles is 1. The van der Waals surface area contributed by atoms with Crippen molar-refractivity contribution in [2.24, 2.45) is 0 Å². The third kappa shape index (κ3) is 4.25. The molecular weight excluding hydrogens is 366 g/mol. The summed E-state index contributed by atoms with van der Waals surface area (Å²) in [6.07, 6.45) is 3.43. The Morgan fingerprint density at radius 1 is 0.967 bits per heavy atom. The third-order valence-corrected chi connectivity index (χ3v) is 6.29. The number of hydrogen-bond donors (Lipinski definition) is 0. The highest BCUT2D eigenvalue weighted by molar-refractivity contribution is 5.86. The lowest BCUT2D eigenvalue weighted by atomic mass is 9.75. The van der Waals surface area contributed by atoms with Crippen LogP contribution in [-0.4, -0.2) is 13.2 Å². The van der Waals surface area contributed by atoms with E-state index in [0.717, 1.165) is 36.8 Å². The molecule has 3 aromatic carbocycles. The first kappa shape index (κ1) is 20.2. The van der Waals surface area contributed by atoms with Gasteiger partial charge in [-0.1, -0.05) is 73.4 Å². The lowest BCUT2D eigenvalue weighted by molar-refractivity contribution is 0.0675. The zero-order valence-electron chi connectivity index (χ0n) is 17.5. The van der Waals surface area contributed by atoms with Gasteiger partial charge < -0.3 is 4.74 Å². The van der Waals surface area contributed by atoms with Gasteiger partial charge >= 0.3 is 0 Å². The first-order chi connectivity index (χ1) is 14.7. The van der Waals surface area contributed by atoms with Crippen molar-refractivity contribution in [3.05, 3.63) is 83.4 Å². The summed E-state index contributed by atoms with van der Waals surface area (Å²) >= 11 is 0. The van der Waals surface area contributed by atoms with E-state index in [1.807, 2.05) is 12.1 Å². The van der Waals surface area contributed by atoms with Gasteiger partial charge in [0.15, 0.2) is 0 Å². The molecule has 0 aliphatic carbocycles. The van der Waals surface area contributed by atoms with Crippen LogP contribution in [0.25, 0.3) is 10.8 Å². The number of benzene rings is 3. The molecule has 0 amide bonds. The molecule has 1 aliphatic heterocycles. The molecule has 0 saturated carbocycles.